The van der Waals surface area contributed by atoms with E-state index in [1.54, 1.807) is 37.3 Å². The number of carbonyl (C=O) groups excluding carboxylic acids is 2. The van der Waals surface area contributed by atoms with Gasteiger partial charge in [0.05, 0.1) is 20.8 Å². The smallest absolute Gasteiger partial charge is 0.264 e. The Bertz CT molecular complexity index is 798. The molecule has 1 saturated carbocycles. The van der Waals surface area contributed by atoms with Crippen molar-refractivity contribution in [2.24, 2.45) is 0 Å². The zero-order chi connectivity index (χ0) is 22.0. The molecule has 0 aromatic heterocycles. The van der Waals surface area contributed by atoms with Crippen molar-refractivity contribution in [3.63, 3.8) is 0 Å². The number of methoxy groups -OCH3 is 2. The van der Waals surface area contributed by atoms with E-state index in [0.29, 0.717) is 17.1 Å². The molecule has 2 atom stereocenters. The van der Waals surface area contributed by atoms with Crippen LogP contribution >= 0.6 is 0 Å². The first kappa shape index (κ1) is 21.9. The molecule has 3 fully saturated rings. The van der Waals surface area contributed by atoms with Crippen LogP contribution in [0.5, 0.6) is 11.5 Å². The predicted molar refractivity (Wildman–Crippen MR) is 116 cm³/mol. The standard InChI is InChI=1S/C24H34N2O5/c1-17-10-5-8-15-25(17)22(27)18-16-31-24(13-6-4-7-14-24)26(18)23(28)21-19(29-2)11-9-12-20(21)30-3/h9,11-12,17-18H,4-8,10,13-16H2,1-3H3. The van der Waals surface area contributed by atoms with Gasteiger partial charge >= 0.3 is 0 Å². The van der Waals surface area contributed by atoms with Gasteiger partial charge in [-0.05, 0) is 64.0 Å². The minimum atomic E-state index is -0.736. The van der Waals surface area contributed by atoms with Crippen molar-refractivity contribution in [1.82, 2.24) is 9.80 Å². The molecule has 2 unspecified atom stereocenters. The topological polar surface area (TPSA) is 68.3 Å². The molecule has 7 nitrogen and oxygen atoms in total. The lowest BCUT2D eigenvalue weighted by Crippen LogP contribution is -2.58. The van der Waals surface area contributed by atoms with Gasteiger partial charge in [0.1, 0.15) is 28.8 Å². The van der Waals surface area contributed by atoms with E-state index in [1.807, 2.05) is 4.90 Å². The van der Waals surface area contributed by atoms with Crippen LogP contribution in [0.1, 0.15) is 68.6 Å². The van der Waals surface area contributed by atoms with E-state index in [0.717, 1.165) is 57.9 Å². The molecule has 31 heavy (non-hydrogen) atoms. The largest absolute Gasteiger partial charge is 0.496 e. The molecule has 0 bridgehead atoms. The van der Waals surface area contributed by atoms with Crippen molar-refractivity contribution in [3.05, 3.63) is 23.8 Å². The van der Waals surface area contributed by atoms with Gasteiger partial charge in [-0.15, -0.1) is 0 Å². The molecular formula is C24H34N2O5. The van der Waals surface area contributed by atoms with Gasteiger partial charge in [-0.1, -0.05) is 12.5 Å². The molecule has 3 aliphatic rings. The van der Waals surface area contributed by atoms with Crippen LogP contribution in [-0.2, 0) is 9.53 Å². The molecule has 4 rings (SSSR count). The van der Waals surface area contributed by atoms with Crippen LogP contribution < -0.4 is 9.47 Å². The molecule has 1 spiro atoms. The summed E-state index contributed by atoms with van der Waals surface area (Å²) in [6, 6.07) is 4.86. The summed E-state index contributed by atoms with van der Waals surface area (Å²) in [5.41, 5.74) is -0.381. The number of hydrogen-bond donors (Lipinski definition) is 0. The van der Waals surface area contributed by atoms with E-state index in [-0.39, 0.29) is 24.5 Å². The van der Waals surface area contributed by atoms with Crippen LogP contribution in [0.4, 0.5) is 0 Å². The Kier molecular flexibility index (Phi) is 6.42. The Balaban J connectivity index is 1.74. The summed E-state index contributed by atoms with van der Waals surface area (Å²) < 4.78 is 17.3. The lowest BCUT2D eigenvalue weighted by Gasteiger charge is -2.43. The first-order valence-electron chi connectivity index (χ1n) is 11.5. The summed E-state index contributed by atoms with van der Waals surface area (Å²) in [6.45, 7) is 3.08. The van der Waals surface area contributed by atoms with Gasteiger partial charge in [0.25, 0.3) is 5.91 Å². The fourth-order valence-corrected chi connectivity index (χ4v) is 5.46. The summed E-state index contributed by atoms with van der Waals surface area (Å²) in [6.07, 6.45) is 7.71. The van der Waals surface area contributed by atoms with Crippen molar-refractivity contribution in [2.45, 2.75) is 76.1 Å². The van der Waals surface area contributed by atoms with Crippen molar-refractivity contribution < 1.29 is 23.8 Å². The van der Waals surface area contributed by atoms with Gasteiger partial charge in [-0.25, -0.2) is 0 Å². The van der Waals surface area contributed by atoms with Gasteiger partial charge < -0.3 is 19.1 Å². The molecule has 0 radical (unpaired) electrons. The minimum Gasteiger partial charge on any atom is -0.496 e. The van der Waals surface area contributed by atoms with Crippen molar-refractivity contribution in [2.75, 3.05) is 27.4 Å². The summed E-state index contributed by atoms with van der Waals surface area (Å²) in [4.78, 5) is 31.4. The summed E-state index contributed by atoms with van der Waals surface area (Å²) in [5, 5.41) is 0. The third kappa shape index (κ3) is 3.88. The molecule has 2 heterocycles. The van der Waals surface area contributed by atoms with E-state index in [4.69, 9.17) is 14.2 Å². The van der Waals surface area contributed by atoms with E-state index >= 15 is 0 Å². The molecule has 0 N–H and O–H groups in total. The number of carbonyl (C=O) groups is 2. The van der Waals surface area contributed by atoms with Crippen molar-refractivity contribution in [1.29, 1.82) is 0 Å². The number of hydrogen-bond acceptors (Lipinski definition) is 5. The maximum Gasteiger partial charge on any atom is 0.264 e. The molecule has 2 amide bonds. The van der Waals surface area contributed by atoms with Crippen molar-refractivity contribution in [3.8, 4) is 11.5 Å². The second-order valence-corrected chi connectivity index (χ2v) is 8.92. The number of ether oxygens (including phenoxy) is 3. The lowest BCUT2D eigenvalue weighted by molar-refractivity contribution is -0.140. The SMILES string of the molecule is COc1cccc(OC)c1C(=O)N1C(C(=O)N2CCCCC2C)COC12CCCCC2. The van der Waals surface area contributed by atoms with E-state index in [2.05, 4.69) is 6.92 Å². The number of amides is 2. The Morgan fingerprint density at radius 1 is 1.03 bits per heavy atom. The van der Waals surface area contributed by atoms with Gasteiger partial charge in [-0.3, -0.25) is 14.5 Å². The number of likely N-dealkylation sites (tertiary alicyclic amines) is 1. The molecule has 1 aliphatic carbocycles. The first-order valence-corrected chi connectivity index (χ1v) is 11.5. The quantitative estimate of drug-likeness (QED) is 0.730. The predicted octanol–water partition coefficient (Wildman–Crippen LogP) is 3.61. The second kappa shape index (κ2) is 9.07. The third-order valence-corrected chi connectivity index (χ3v) is 7.13. The van der Waals surface area contributed by atoms with E-state index in [1.165, 1.54) is 0 Å². The van der Waals surface area contributed by atoms with Crippen LogP contribution in [0.25, 0.3) is 0 Å². The second-order valence-electron chi connectivity index (χ2n) is 8.92. The Morgan fingerprint density at radius 3 is 2.32 bits per heavy atom. The fourth-order valence-electron chi connectivity index (χ4n) is 5.46. The highest BCUT2D eigenvalue weighted by atomic mass is 16.5. The minimum absolute atomic E-state index is 0.00290. The molecule has 2 aliphatic heterocycles. The van der Waals surface area contributed by atoms with Crippen LogP contribution in [-0.4, -0.2) is 66.8 Å². The highest BCUT2D eigenvalue weighted by Gasteiger charge is 2.54. The summed E-state index contributed by atoms with van der Waals surface area (Å²) in [7, 11) is 3.08. The van der Waals surface area contributed by atoms with Gasteiger partial charge in [0.15, 0.2) is 0 Å². The number of nitrogens with zero attached hydrogens (tertiary/aromatic N) is 2. The average Bonchev–Trinajstić information content (AvgIpc) is 3.16. The highest BCUT2D eigenvalue weighted by molar-refractivity contribution is 6.02. The lowest BCUT2D eigenvalue weighted by atomic mass is 9.89. The molecule has 1 aromatic rings. The highest BCUT2D eigenvalue weighted by Crippen LogP contribution is 2.43. The summed E-state index contributed by atoms with van der Waals surface area (Å²) in [5.74, 6) is 0.632. The van der Waals surface area contributed by atoms with E-state index < -0.39 is 11.8 Å². The Morgan fingerprint density at radius 2 is 1.71 bits per heavy atom. The zero-order valence-electron chi connectivity index (χ0n) is 18.9. The van der Waals surface area contributed by atoms with Crippen LogP contribution in [0.3, 0.4) is 0 Å². The maximum atomic E-state index is 14.1. The fraction of sp³-hybridized carbons (Fsp3) is 0.667. The molecular weight excluding hydrogens is 396 g/mol. The molecule has 2 saturated heterocycles. The van der Waals surface area contributed by atoms with Crippen LogP contribution in [0.2, 0.25) is 0 Å². The number of benzene rings is 1. The normalized spacial score (nSPS) is 25.5. The first-order chi connectivity index (χ1) is 15.0. The van der Waals surface area contributed by atoms with Gasteiger partial charge in [-0.2, -0.15) is 0 Å². The monoisotopic (exact) mass is 430 g/mol. The Hall–Kier alpha value is -2.28. The van der Waals surface area contributed by atoms with E-state index in [9.17, 15) is 9.59 Å². The molecule has 1 aromatic carbocycles. The Labute approximate surface area is 184 Å². The van der Waals surface area contributed by atoms with Gasteiger partial charge in [0, 0.05) is 12.6 Å². The third-order valence-electron chi connectivity index (χ3n) is 7.13. The molecule has 170 valence electrons. The van der Waals surface area contributed by atoms with Crippen LogP contribution in [0, 0.1) is 0 Å². The van der Waals surface area contributed by atoms with Gasteiger partial charge in [0.2, 0.25) is 5.91 Å². The van der Waals surface area contributed by atoms with Crippen molar-refractivity contribution >= 4 is 11.8 Å². The average molecular weight is 431 g/mol. The number of piperidine rings is 1. The number of rotatable bonds is 4. The molecule has 7 heteroatoms. The zero-order valence-corrected chi connectivity index (χ0v) is 18.9. The summed E-state index contributed by atoms with van der Waals surface area (Å²) >= 11 is 0. The maximum absolute atomic E-state index is 14.1. The van der Waals surface area contributed by atoms with Crippen LogP contribution in [0.15, 0.2) is 18.2 Å².